The molecule has 1 heterocycles. The van der Waals surface area contributed by atoms with Crippen LogP contribution in [0.3, 0.4) is 0 Å². The van der Waals surface area contributed by atoms with Gasteiger partial charge in [-0.2, -0.15) is 0 Å². The second kappa shape index (κ2) is 4.37. The van der Waals surface area contributed by atoms with E-state index in [1.807, 2.05) is 6.92 Å². The van der Waals surface area contributed by atoms with Gasteiger partial charge in [-0.15, -0.1) is 10.2 Å². The van der Waals surface area contributed by atoms with Gasteiger partial charge < -0.3 is 10.3 Å². The molecule has 0 bridgehead atoms. The Morgan fingerprint density at radius 3 is 2.54 bits per heavy atom. The average molecular weight is 182 g/mol. The SMILES string of the molecule is CCC(CN)c1nnc(C)n1CC. The van der Waals surface area contributed by atoms with Crippen LogP contribution in [0.2, 0.25) is 0 Å². The summed E-state index contributed by atoms with van der Waals surface area (Å²) in [5.74, 6) is 2.36. The number of hydrogen-bond donors (Lipinski definition) is 1. The minimum absolute atomic E-state index is 0.348. The summed E-state index contributed by atoms with van der Waals surface area (Å²) in [5.41, 5.74) is 5.67. The Bertz CT molecular complexity index is 263. The van der Waals surface area contributed by atoms with E-state index in [4.69, 9.17) is 5.73 Å². The van der Waals surface area contributed by atoms with Gasteiger partial charge in [0.2, 0.25) is 0 Å². The fourth-order valence-corrected chi connectivity index (χ4v) is 1.54. The first-order chi connectivity index (χ1) is 6.24. The predicted molar refractivity (Wildman–Crippen MR) is 52.5 cm³/mol. The van der Waals surface area contributed by atoms with Crippen molar-refractivity contribution >= 4 is 0 Å². The summed E-state index contributed by atoms with van der Waals surface area (Å²) in [7, 11) is 0. The summed E-state index contributed by atoms with van der Waals surface area (Å²) in [4.78, 5) is 0. The van der Waals surface area contributed by atoms with Crippen LogP contribution >= 0.6 is 0 Å². The lowest BCUT2D eigenvalue weighted by atomic mass is 10.1. The van der Waals surface area contributed by atoms with Gasteiger partial charge in [0.25, 0.3) is 0 Å². The molecule has 0 saturated carbocycles. The molecule has 0 aromatic carbocycles. The zero-order valence-corrected chi connectivity index (χ0v) is 8.62. The molecule has 0 aliphatic carbocycles. The van der Waals surface area contributed by atoms with Crippen molar-refractivity contribution in [3.05, 3.63) is 11.6 Å². The van der Waals surface area contributed by atoms with Gasteiger partial charge in [-0.3, -0.25) is 0 Å². The second-order valence-electron chi connectivity index (χ2n) is 3.19. The van der Waals surface area contributed by atoms with Crippen molar-refractivity contribution in [1.29, 1.82) is 0 Å². The third-order valence-electron chi connectivity index (χ3n) is 2.42. The van der Waals surface area contributed by atoms with Crippen LogP contribution < -0.4 is 5.73 Å². The highest BCUT2D eigenvalue weighted by atomic mass is 15.3. The molecule has 0 aliphatic rings. The molecule has 0 aliphatic heterocycles. The molecule has 2 N–H and O–H groups in total. The summed E-state index contributed by atoms with van der Waals surface area (Å²) >= 11 is 0. The fourth-order valence-electron chi connectivity index (χ4n) is 1.54. The molecular formula is C9H18N4. The largest absolute Gasteiger partial charge is 0.330 e. The molecule has 74 valence electrons. The number of rotatable bonds is 4. The summed E-state index contributed by atoms with van der Waals surface area (Å²) < 4.78 is 2.13. The van der Waals surface area contributed by atoms with Crippen molar-refractivity contribution in [3.8, 4) is 0 Å². The molecule has 1 atom stereocenters. The van der Waals surface area contributed by atoms with E-state index in [1.54, 1.807) is 0 Å². The average Bonchev–Trinajstić information content (AvgIpc) is 2.50. The fraction of sp³-hybridized carbons (Fsp3) is 0.778. The highest BCUT2D eigenvalue weighted by Gasteiger charge is 2.15. The third-order valence-corrected chi connectivity index (χ3v) is 2.42. The lowest BCUT2D eigenvalue weighted by Gasteiger charge is -2.12. The van der Waals surface area contributed by atoms with Crippen molar-refractivity contribution in [1.82, 2.24) is 14.8 Å². The monoisotopic (exact) mass is 182 g/mol. The zero-order valence-electron chi connectivity index (χ0n) is 8.62. The van der Waals surface area contributed by atoms with E-state index in [0.717, 1.165) is 24.6 Å². The minimum atomic E-state index is 0.348. The van der Waals surface area contributed by atoms with Crippen molar-refractivity contribution in [2.75, 3.05) is 6.54 Å². The maximum absolute atomic E-state index is 5.67. The Hall–Kier alpha value is -0.900. The molecule has 4 heteroatoms. The Labute approximate surface area is 79.2 Å². The van der Waals surface area contributed by atoms with Crippen LogP contribution in [0.25, 0.3) is 0 Å². The van der Waals surface area contributed by atoms with Crippen molar-refractivity contribution in [2.24, 2.45) is 5.73 Å². The van der Waals surface area contributed by atoms with Crippen molar-refractivity contribution in [2.45, 2.75) is 39.7 Å². The van der Waals surface area contributed by atoms with E-state index in [-0.39, 0.29) is 0 Å². The zero-order chi connectivity index (χ0) is 9.84. The van der Waals surface area contributed by atoms with E-state index in [2.05, 4.69) is 28.6 Å². The van der Waals surface area contributed by atoms with Crippen LogP contribution in [0.5, 0.6) is 0 Å². The standard InChI is InChI=1S/C9H18N4/c1-4-8(6-10)9-12-11-7(3)13(9)5-2/h8H,4-6,10H2,1-3H3. The van der Waals surface area contributed by atoms with E-state index in [1.165, 1.54) is 0 Å². The maximum atomic E-state index is 5.67. The Kier molecular flexibility index (Phi) is 3.42. The van der Waals surface area contributed by atoms with Gasteiger partial charge in [-0.25, -0.2) is 0 Å². The van der Waals surface area contributed by atoms with Gasteiger partial charge in [0, 0.05) is 19.0 Å². The van der Waals surface area contributed by atoms with Crippen LogP contribution in [0.4, 0.5) is 0 Å². The first kappa shape index (κ1) is 10.2. The van der Waals surface area contributed by atoms with Gasteiger partial charge in [0.1, 0.15) is 11.6 Å². The smallest absolute Gasteiger partial charge is 0.137 e. The number of nitrogens with zero attached hydrogens (tertiary/aromatic N) is 3. The van der Waals surface area contributed by atoms with Crippen LogP contribution in [-0.4, -0.2) is 21.3 Å². The molecule has 1 aromatic heterocycles. The summed E-state index contributed by atoms with van der Waals surface area (Å²) in [6.45, 7) is 7.77. The van der Waals surface area contributed by atoms with Crippen molar-refractivity contribution < 1.29 is 0 Å². The van der Waals surface area contributed by atoms with Crippen LogP contribution in [0, 0.1) is 6.92 Å². The molecule has 0 amide bonds. The van der Waals surface area contributed by atoms with E-state index < -0.39 is 0 Å². The van der Waals surface area contributed by atoms with Crippen molar-refractivity contribution in [3.63, 3.8) is 0 Å². The summed E-state index contributed by atoms with van der Waals surface area (Å²) in [6.07, 6.45) is 1.02. The minimum Gasteiger partial charge on any atom is -0.330 e. The quantitative estimate of drug-likeness (QED) is 0.757. The van der Waals surface area contributed by atoms with Gasteiger partial charge in [-0.05, 0) is 20.3 Å². The van der Waals surface area contributed by atoms with Crippen LogP contribution in [0.15, 0.2) is 0 Å². The highest BCUT2D eigenvalue weighted by Crippen LogP contribution is 2.16. The van der Waals surface area contributed by atoms with Gasteiger partial charge in [0.05, 0.1) is 0 Å². The number of aryl methyl sites for hydroxylation is 1. The van der Waals surface area contributed by atoms with E-state index in [0.29, 0.717) is 12.5 Å². The molecule has 1 rings (SSSR count). The van der Waals surface area contributed by atoms with Crippen LogP contribution in [0.1, 0.15) is 37.8 Å². The van der Waals surface area contributed by atoms with E-state index in [9.17, 15) is 0 Å². The molecule has 4 nitrogen and oxygen atoms in total. The lowest BCUT2D eigenvalue weighted by Crippen LogP contribution is -2.17. The molecule has 1 aromatic rings. The topological polar surface area (TPSA) is 56.7 Å². The lowest BCUT2D eigenvalue weighted by molar-refractivity contribution is 0.572. The first-order valence-corrected chi connectivity index (χ1v) is 4.84. The molecule has 0 fully saturated rings. The van der Waals surface area contributed by atoms with Gasteiger partial charge in [0.15, 0.2) is 0 Å². The predicted octanol–water partition coefficient (Wildman–Crippen LogP) is 1.06. The molecule has 13 heavy (non-hydrogen) atoms. The Balaban J connectivity index is 2.98. The molecule has 0 radical (unpaired) electrons. The van der Waals surface area contributed by atoms with Gasteiger partial charge in [-0.1, -0.05) is 6.92 Å². The highest BCUT2D eigenvalue weighted by molar-refractivity contribution is 5.01. The Morgan fingerprint density at radius 2 is 2.08 bits per heavy atom. The molecule has 1 unspecified atom stereocenters. The number of aromatic nitrogens is 3. The molecular weight excluding hydrogens is 164 g/mol. The Morgan fingerprint density at radius 1 is 1.38 bits per heavy atom. The normalized spacial score (nSPS) is 13.2. The molecule has 0 spiro atoms. The van der Waals surface area contributed by atoms with Gasteiger partial charge >= 0.3 is 0 Å². The second-order valence-corrected chi connectivity index (χ2v) is 3.19. The summed E-state index contributed by atoms with van der Waals surface area (Å²) in [6, 6.07) is 0. The number of hydrogen-bond acceptors (Lipinski definition) is 3. The maximum Gasteiger partial charge on any atom is 0.137 e. The summed E-state index contributed by atoms with van der Waals surface area (Å²) in [5, 5.41) is 8.22. The van der Waals surface area contributed by atoms with Crippen LogP contribution in [-0.2, 0) is 6.54 Å². The molecule has 0 saturated heterocycles. The first-order valence-electron chi connectivity index (χ1n) is 4.84. The van der Waals surface area contributed by atoms with E-state index >= 15 is 0 Å². The number of nitrogens with two attached hydrogens (primary N) is 1. The third kappa shape index (κ3) is 1.88.